The first kappa shape index (κ1) is 13.5. The van der Waals surface area contributed by atoms with Gasteiger partial charge in [-0.1, -0.05) is 18.2 Å². The van der Waals surface area contributed by atoms with Gasteiger partial charge in [0.25, 0.3) is 0 Å². The van der Waals surface area contributed by atoms with Gasteiger partial charge in [0.1, 0.15) is 5.76 Å². The lowest BCUT2D eigenvalue weighted by atomic mass is 10.2. The summed E-state index contributed by atoms with van der Waals surface area (Å²) in [4.78, 5) is 4.30. The predicted octanol–water partition coefficient (Wildman–Crippen LogP) is 2.63. The van der Waals surface area contributed by atoms with E-state index in [4.69, 9.17) is 8.83 Å². The second kappa shape index (κ2) is 5.88. The summed E-state index contributed by atoms with van der Waals surface area (Å²) in [5.41, 5.74) is 1.83. The minimum atomic E-state index is 0.473. The summed E-state index contributed by atoms with van der Waals surface area (Å²) in [7, 11) is 0. The number of nitrogens with zero attached hydrogens (tertiary/aromatic N) is 3. The molecule has 6 heteroatoms. The number of aromatic nitrogens is 3. The smallest absolute Gasteiger partial charge is 0.247 e. The van der Waals surface area contributed by atoms with Crippen LogP contribution in [0.2, 0.25) is 0 Å². The van der Waals surface area contributed by atoms with Crippen LogP contribution in [0.5, 0.6) is 0 Å². The molecular weight excluding hydrogens is 268 g/mol. The summed E-state index contributed by atoms with van der Waals surface area (Å²) in [6, 6.07) is 9.68. The molecule has 0 aliphatic carbocycles. The summed E-state index contributed by atoms with van der Waals surface area (Å²) in [6.07, 6.45) is 0. The number of hydrogen-bond acceptors (Lipinski definition) is 6. The molecule has 0 bridgehead atoms. The van der Waals surface area contributed by atoms with Crippen molar-refractivity contribution in [3.63, 3.8) is 0 Å². The Kier molecular flexibility index (Phi) is 3.79. The predicted molar refractivity (Wildman–Crippen MR) is 76.3 cm³/mol. The third kappa shape index (κ3) is 3.17. The van der Waals surface area contributed by atoms with E-state index in [0.29, 0.717) is 30.8 Å². The van der Waals surface area contributed by atoms with E-state index in [1.807, 2.05) is 44.2 Å². The Balaban J connectivity index is 1.58. The molecule has 6 nitrogen and oxygen atoms in total. The first-order valence-electron chi connectivity index (χ1n) is 6.74. The van der Waals surface area contributed by atoms with E-state index >= 15 is 0 Å². The monoisotopic (exact) mass is 284 g/mol. The molecule has 0 radical (unpaired) electrons. The van der Waals surface area contributed by atoms with Gasteiger partial charge in [-0.3, -0.25) is 0 Å². The van der Waals surface area contributed by atoms with Crippen molar-refractivity contribution in [1.82, 2.24) is 20.5 Å². The molecule has 1 aromatic carbocycles. The molecule has 0 spiro atoms. The highest BCUT2D eigenvalue weighted by Gasteiger charge is 2.09. The van der Waals surface area contributed by atoms with Crippen LogP contribution in [-0.2, 0) is 13.1 Å². The van der Waals surface area contributed by atoms with Crippen LogP contribution in [0.15, 0.2) is 39.2 Å². The minimum Gasteiger partial charge on any atom is -0.444 e. The minimum absolute atomic E-state index is 0.473. The number of rotatable bonds is 5. The molecule has 108 valence electrons. The SMILES string of the molecule is Cc1nc(CNCc2nnc(-c3ccccc3)o2)oc1C. The number of hydrogen-bond donors (Lipinski definition) is 1. The van der Waals surface area contributed by atoms with Gasteiger partial charge in [-0.25, -0.2) is 4.98 Å². The van der Waals surface area contributed by atoms with Crippen molar-refractivity contribution in [3.8, 4) is 11.5 Å². The van der Waals surface area contributed by atoms with Crippen molar-refractivity contribution in [2.45, 2.75) is 26.9 Å². The Morgan fingerprint density at radius 3 is 2.43 bits per heavy atom. The lowest BCUT2D eigenvalue weighted by molar-refractivity contribution is 0.428. The summed E-state index contributed by atoms with van der Waals surface area (Å²) in [5, 5.41) is 11.2. The molecule has 0 unspecified atom stereocenters. The van der Waals surface area contributed by atoms with Gasteiger partial charge >= 0.3 is 0 Å². The highest BCUT2D eigenvalue weighted by Crippen LogP contribution is 2.16. The first-order chi connectivity index (χ1) is 10.2. The first-order valence-corrected chi connectivity index (χ1v) is 6.74. The van der Waals surface area contributed by atoms with Gasteiger partial charge in [0.15, 0.2) is 0 Å². The van der Waals surface area contributed by atoms with E-state index in [1.165, 1.54) is 0 Å². The van der Waals surface area contributed by atoms with E-state index in [-0.39, 0.29) is 0 Å². The highest BCUT2D eigenvalue weighted by atomic mass is 16.4. The van der Waals surface area contributed by atoms with Crippen molar-refractivity contribution in [2.75, 3.05) is 0 Å². The fraction of sp³-hybridized carbons (Fsp3) is 0.267. The number of nitrogens with one attached hydrogen (secondary N) is 1. The lowest BCUT2D eigenvalue weighted by Gasteiger charge is -1.97. The van der Waals surface area contributed by atoms with E-state index in [9.17, 15) is 0 Å². The fourth-order valence-electron chi connectivity index (χ4n) is 1.91. The van der Waals surface area contributed by atoms with E-state index in [1.54, 1.807) is 0 Å². The Morgan fingerprint density at radius 1 is 0.952 bits per heavy atom. The van der Waals surface area contributed by atoms with Crippen molar-refractivity contribution in [1.29, 1.82) is 0 Å². The average Bonchev–Trinajstić information content (AvgIpc) is 3.08. The summed E-state index contributed by atoms with van der Waals surface area (Å²) < 4.78 is 11.1. The van der Waals surface area contributed by atoms with Gasteiger partial charge in [-0.15, -0.1) is 10.2 Å². The standard InChI is InChI=1S/C15H16N4O2/c1-10-11(2)20-13(17-10)8-16-9-14-18-19-15(21-14)12-6-4-3-5-7-12/h3-7,16H,8-9H2,1-2H3. The largest absolute Gasteiger partial charge is 0.444 e. The van der Waals surface area contributed by atoms with Gasteiger partial charge in [0.05, 0.1) is 18.8 Å². The second-order valence-electron chi connectivity index (χ2n) is 4.72. The average molecular weight is 284 g/mol. The summed E-state index contributed by atoms with van der Waals surface area (Å²) in [6.45, 7) is 4.82. The zero-order valence-corrected chi connectivity index (χ0v) is 12.0. The summed E-state index contributed by atoms with van der Waals surface area (Å²) >= 11 is 0. The van der Waals surface area contributed by atoms with Gasteiger partial charge < -0.3 is 14.2 Å². The number of oxazole rings is 1. The van der Waals surface area contributed by atoms with Gasteiger partial charge in [-0.05, 0) is 26.0 Å². The van der Waals surface area contributed by atoms with Crippen molar-refractivity contribution in [2.24, 2.45) is 0 Å². The topological polar surface area (TPSA) is 77.0 Å². The quantitative estimate of drug-likeness (QED) is 0.776. The molecule has 0 saturated carbocycles. The van der Waals surface area contributed by atoms with E-state index in [0.717, 1.165) is 17.0 Å². The van der Waals surface area contributed by atoms with Gasteiger partial charge in [-0.2, -0.15) is 0 Å². The van der Waals surface area contributed by atoms with Crippen LogP contribution in [0, 0.1) is 13.8 Å². The fourth-order valence-corrected chi connectivity index (χ4v) is 1.91. The molecule has 0 fully saturated rings. The van der Waals surface area contributed by atoms with Crippen molar-refractivity contribution >= 4 is 0 Å². The molecule has 21 heavy (non-hydrogen) atoms. The third-order valence-electron chi connectivity index (χ3n) is 3.11. The van der Waals surface area contributed by atoms with Crippen molar-refractivity contribution < 1.29 is 8.83 Å². The summed E-state index contributed by atoms with van der Waals surface area (Å²) in [5.74, 6) is 2.56. The lowest BCUT2D eigenvalue weighted by Crippen LogP contribution is -2.13. The van der Waals surface area contributed by atoms with E-state index < -0.39 is 0 Å². The van der Waals surface area contributed by atoms with Crippen LogP contribution >= 0.6 is 0 Å². The van der Waals surface area contributed by atoms with Crippen LogP contribution in [0.25, 0.3) is 11.5 Å². The Bertz CT molecular complexity index is 699. The maximum absolute atomic E-state index is 5.60. The second-order valence-corrected chi connectivity index (χ2v) is 4.72. The Morgan fingerprint density at radius 2 is 1.71 bits per heavy atom. The molecule has 1 N–H and O–H groups in total. The zero-order valence-electron chi connectivity index (χ0n) is 12.0. The molecule has 0 amide bonds. The zero-order chi connectivity index (χ0) is 14.7. The molecule has 0 aliphatic rings. The Hall–Kier alpha value is -2.47. The maximum Gasteiger partial charge on any atom is 0.247 e. The van der Waals surface area contributed by atoms with Crippen LogP contribution in [-0.4, -0.2) is 15.2 Å². The third-order valence-corrected chi connectivity index (χ3v) is 3.11. The molecule has 2 heterocycles. The number of aryl methyl sites for hydroxylation is 2. The van der Waals surface area contributed by atoms with Crippen LogP contribution in [0.4, 0.5) is 0 Å². The van der Waals surface area contributed by atoms with Crippen molar-refractivity contribution in [3.05, 3.63) is 53.6 Å². The maximum atomic E-state index is 5.60. The van der Waals surface area contributed by atoms with Crippen LogP contribution < -0.4 is 5.32 Å². The molecular formula is C15H16N4O2. The molecule has 0 aliphatic heterocycles. The van der Waals surface area contributed by atoms with Crippen LogP contribution in [0.1, 0.15) is 23.2 Å². The highest BCUT2D eigenvalue weighted by molar-refractivity contribution is 5.51. The molecule has 2 aromatic heterocycles. The normalized spacial score (nSPS) is 11.0. The van der Waals surface area contributed by atoms with Gasteiger partial charge in [0.2, 0.25) is 17.7 Å². The van der Waals surface area contributed by atoms with Gasteiger partial charge in [0, 0.05) is 5.56 Å². The number of benzene rings is 1. The van der Waals surface area contributed by atoms with Crippen LogP contribution in [0.3, 0.4) is 0 Å². The molecule has 3 aromatic rings. The molecule has 0 saturated heterocycles. The Labute approximate surface area is 122 Å². The van der Waals surface area contributed by atoms with E-state index in [2.05, 4.69) is 20.5 Å². The molecule has 3 rings (SSSR count). The molecule has 0 atom stereocenters.